The summed E-state index contributed by atoms with van der Waals surface area (Å²) >= 11 is 0. The number of aromatic amines is 1. The third-order valence-electron chi connectivity index (χ3n) is 5.99. The van der Waals surface area contributed by atoms with Crippen LogP contribution in [-0.4, -0.2) is 64.6 Å². The van der Waals surface area contributed by atoms with Crippen molar-refractivity contribution in [2.75, 3.05) is 54.8 Å². The standard InChI is InChI=1S/C24H29N7O3/c1-2-30(20(32)17-28-12-14-29(15-13-28)19-10-6-7-11-26-19)21-22(25)31(24(34)27-23(21)33)16-18-8-4-3-5-9-18/h3-11H,2,12-17,25H2,1H3,(H,27,33,34). The highest BCUT2D eigenvalue weighted by molar-refractivity contribution is 5.96. The van der Waals surface area contributed by atoms with E-state index in [1.807, 2.05) is 48.5 Å². The van der Waals surface area contributed by atoms with E-state index in [-0.39, 0.29) is 37.0 Å². The molecule has 1 fully saturated rings. The SMILES string of the molecule is CCN(C(=O)CN1CCN(c2ccccn2)CC1)c1c(N)n(Cc2ccccc2)c(=O)[nH]c1=O. The van der Waals surface area contributed by atoms with E-state index in [0.717, 1.165) is 24.5 Å². The molecule has 2 aromatic heterocycles. The molecule has 1 saturated heterocycles. The number of rotatable bonds is 7. The van der Waals surface area contributed by atoms with E-state index in [0.29, 0.717) is 13.1 Å². The summed E-state index contributed by atoms with van der Waals surface area (Å²) in [6, 6.07) is 15.1. The molecule has 0 unspecified atom stereocenters. The quantitative estimate of drug-likeness (QED) is 0.530. The molecule has 1 aromatic carbocycles. The Morgan fingerprint density at radius 3 is 2.41 bits per heavy atom. The zero-order valence-corrected chi connectivity index (χ0v) is 19.2. The van der Waals surface area contributed by atoms with Crippen molar-refractivity contribution in [3.05, 3.63) is 81.1 Å². The molecule has 3 heterocycles. The van der Waals surface area contributed by atoms with Gasteiger partial charge in [-0.3, -0.25) is 24.0 Å². The lowest BCUT2D eigenvalue weighted by atomic mass is 10.2. The van der Waals surface area contributed by atoms with Gasteiger partial charge in [0, 0.05) is 38.9 Å². The predicted octanol–water partition coefficient (Wildman–Crippen LogP) is 0.737. The summed E-state index contributed by atoms with van der Waals surface area (Å²) in [5.74, 6) is 0.660. The van der Waals surface area contributed by atoms with Crippen molar-refractivity contribution in [3.8, 4) is 0 Å². The number of nitrogen functional groups attached to an aromatic ring is 1. The molecule has 178 valence electrons. The van der Waals surface area contributed by atoms with Crippen LogP contribution in [0.1, 0.15) is 12.5 Å². The number of likely N-dealkylation sites (N-methyl/N-ethyl adjacent to an activating group) is 1. The van der Waals surface area contributed by atoms with Crippen LogP contribution in [0.5, 0.6) is 0 Å². The van der Waals surface area contributed by atoms with Gasteiger partial charge in [0.25, 0.3) is 5.56 Å². The number of nitrogens with zero attached hydrogens (tertiary/aromatic N) is 5. The first-order valence-electron chi connectivity index (χ1n) is 11.3. The van der Waals surface area contributed by atoms with Gasteiger partial charge in [-0.1, -0.05) is 36.4 Å². The molecule has 0 saturated carbocycles. The third kappa shape index (κ3) is 5.01. The third-order valence-corrected chi connectivity index (χ3v) is 5.99. The van der Waals surface area contributed by atoms with E-state index in [9.17, 15) is 14.4 Å². The summed E-state index contributed by atoms with van der Waals surface area (Å²) in [6.07, 6.45) is 1.77. The van der Waals surface area contributed by atoms with Crippen LogP contribution >= 0.6 is 0 Å². The second-order valence-corrected chi connectivity index (χ2v) is 8.15. The van der Waals surface area contributed by atoms with Crippen LogP contribution in [0, 0.1) is 0 Å². The Morgan fingerprint density at radius 1 is 1.06 bits per heavy atom. The number of carbonyl (C=O) groups excluding carboxylic acids is 1. The van der Waals surface area contributed by atoms with Crippen LogP contribution in [0.25, 0.3) is 0 Å². The highest BCUT2D eigenvalue weighted by Gasteiger charge is 2.26. The maximum atomic E-state index is 13.2. The van der Waals surface area contributed by atoms with Gasteiger partial charge >= 0.3 is 5.69 Å². The number of carbonyl (C=O) groups is 1. The normalized spacial score (nSPS) is 14.2. The number of anilines is 3. The highest BCUT2D eigenvalue weighted by Crippen LogP contribution is 2.19. The second kappa shape index (κ2) is 10.3. The number of benzene rings is 1. The van der Waals surface area contributed by atoms with Gasteiger partial charge in [0.05, 0.1) is 13.1 Å². The van der Waals surface area contributed by atoms with Crippen molar-refractivity contribution in [1.82, 2.24) is 19.4 Å². The summed E-state index contributed by atoms with van der Waals surface area (Å²) in [4.78, 5) is 50.7. The molecule has 3 aromatic rings. The molecule has 0 radical (unpaired) electrons. The maximum Gasteiger partial charge on any atom is 0.330 e. The first-order valence-corrected chi connectivity index (χ1v) is 11.3. The Balaban J connectivity index is 1.49. The van der Waals surface area contributed by atoms with Gasteiger partial charge in [0.15, 0.2) is 5.69 Å². The summed E-state index contributed by atoms with van der Waals surface area (Å²) in [5, 5.41) is 0. The van der Waals surface area contributed by atoms with Crippen molar-refractivity contribution >= 4 is 23.2 Å². The number of nitrogens with one attached hydrogen (secondary N) is 1. The zero-order valence-electron chi connectivity index (χ0n) is 19.2. The summed E-state index contributed by atoms with van der Waals surface area (Å²) in [5.41, 5.74) is 5.88. The molecule has 1 amide bonds. The van der Waals surface area contributed by atoms with E-state index in [4.69, 9.17) is 5.73 Å². The number of amides is 1. The van der Waals surface area contributed by atoms with E-state index < -0.39 is 11.2 Å². The van der Waals surface area contributed by atoms with Crippen LogP contribution in [-0.2, 0) is 11.3 Å². The average molecular weight is 464 g/mol. The molecule has 10 nitrogen and oxygen atoms in total. The zero-order chi connectivity index (χ0) is 24.1. The molecular weight excluding hydrogens is 434 g/mol. The van der Waals surface area contributed by atoms with Gasteiger partial charge in [-0.05, 0) is 24.6 Å². The van der Waals surface area contributed by atoms with E-state index in [2.05, 4.69) is 19.8 Å². The number of pyridine rings is 1. The summed E-state index contributed by atoms with van der Waals surface area (Å²) in [7, 11) is 0. The van der Waals surface area contributed by atoms with E-state index in [1.54, 1.807) is 13.1 Å². The lowest BCUT2D eigenvalue weighted by Gasteiger charge is -2.35. The van der Waals surface area contributed by atoms with Crippen LogP contribution in [0.15, 0.2) is 64.3 Å². The highest BCUT2D eigenvalue weighted by atomic mass is 16.2. The van der Waals surface area contributed by atoms with Crippen molar-refractivity contribution in [2.24, 2.45) is 0 Å². The maximum absolute atomic E-state index is 13.2. The summed E-state index contributed by atoms with van der Waals surface area (Å²) in [6.45, 7) is 5.27. The molecule has 0 atom stereocenters. The first kappa shape index (κ1) is 23.2. The molecule has 1 aliphatic heterocycles. The summed E-state index contributed by atoms with van der Waals surface area (Å²) < 4.78 is 1.29. The number of hydrogen-bond acceptors (Lipinski definition) is 7. The Hall–Kier alpha value is -3.92. The molecule has 34 heavy (non-hydrogen) atoms. The van der Waals surface area contributed by atoms with Crippen molar-refractivity contribution in [1.29, 1.82) is 0 Å². The van der Waals surface area contributed by atoms with Gasteiger partial charge in [-0.2, -0.15) is 0 Å². The number of aromatic nitrogens is 3. The Labute approximate surface area is 197 Å². The Kier molecular flexibility index (Phi) is 7.07. The molecule has 4 rings (SSSR count). The van der Waals surface area contributed by atoms with Gasteiger partial charge < -0.3 is 15.5 Å². The fourth-order valence-electron chi connectivity index (χ4n) is 4.17. The number of piperazine rings is 1. The van der Waals surface area contributed by atoms with Crippen LogP contribution < -0.4 is 26.8 Å². The monoisotopic (exact) mass is 463 g/mol. The first-order chi connectivity index (χ1) is 16.5. The number of hydrogen-bond donors (Lipinski definition) is 2. The number of H-pyrrole nitrogens is 1. The molecular formula is C24H29N7O3. The largest absolute Gasteiger partial charge is 0.383 e. The van der Waals surface area contributed by atoms with Crippen LogP contribution in [0.3, 0.4) is 0 Å². The molecule has 3 N–H and O–H groups in total. The Morgan fingerprint density at radius 2 is 1.76 bits per heavy atom. The fourth-order valence-corrected chi connectivity index (χ4v) is 4.17. The van der Waals surface area contributed by atoms with Gasteiger partial charge in [-0.25, -0.2) is 9.78 Å². The smallest absolute Gasteiger partial charge is 0.330 e. The lowest BCUT2D eigenvalue weighted by Crippen LogP contribution is -2.51. The van der Waals surface area contributed by atoms with Gasteiger partial charge in [0.2, 0.25) is 5.91 Å². The topological polar surface area (TPSA) is 121 Å². The lowest BCUT2D eigenvalue weighted by molar-refractivity contribution is -0.119. The minimum atomic E-state index is -0.665. The van der Waals surface area contributed by atoms with Gasteiger partial charge in [-0.15, -0.1) is 0 Å². The molecule has 0 bridgehead atoms. The van der Waals surface area contributed by atoms with Gasteiger partial charge in [0.1, 0.15) is 11.6 Å². The van der Waals surface area contributed by atoms with Crippen LogP contribution in [0.4, 0.5) is 17.3 Å². The van der Waals surface area contributed by atoms with E-state index in [1.165, 1.54) is 9.47 Å². The minimum absolute atomic E-state index is 0.00940. The molecule has 1 aliphatic rings. The minimum Gasteiger partial charge on any atom is -0.383 e. The van der Waals surface area contributed by atoms with Crippen molar-refractivity contribution in [3.63, 3.8) is 0 Å². The molecule has 0 spiro atoms. The van der Waals surface area contributed by atoms with Crippen molar-refractivity contribution < 1.29 is 4.79 Å². The fraction of sp³-hybridized carbons (Fsp3) is 0.333. The van der Waals surface area contributed by atoms with Crippen LogP contribution in [0.2, 0.25) is 0 Å². The second-order valence-electron chi connectivity index (χ2n) is 8.15. The number of nitrogens with two attached hydrogens (primary N) is 1. The average Bonchev–Trinajstić information content (AvgIpc) is 2.86. The predicted molar refractivity (Wildman–Crippen MR) is 132 cm³/mol. The Bertz CT molecular complexity index is 1230. The van der Waals surface area contributed by atoms with Crippen molar-refractivity contribution in [2.45, 2.75) is 13.5 Å². The van der Waals surface area contributed by atoms with E-state index >= 15 is 0 Å². The molecule has 10 heteroatoms. The molecule has 0 aliphatic carbocycles.